The maximum atomic E-state index is 13.6. The van der Waals surface area contributed by atoms with Crippen molar-refractivity contribution in [2.24, 2.45) is 0 Å². The summed E-state index contributed by atoms with van der Waals surface area (Å²) >= 11 is 0. The van der Waals surface area contributed by atoms with Gasteiger partial charge < -0.3 is 10.4 Å². The lowest BCUT2D eigenvalue weighted by atomic mass is 9.92. The number of aliphatic hydroxyl groups excluding tert-OH is 1. The largest absolute Gasteiger partial charge is 0.386 e. The monoisotopic (exact) mass is 438 g/mol. The molecule has 0 spiro atoms. The van der Waals surface area contributed by atoms with Crippen LogP contribution in [0, 0.1) is 11.6 Å². The molecular formula is C21H24F2N2O4S. The summed E-state index contributed by atoms with van der Waals surface area (Å²) in [5.41, 5.74) is 2.09. The van der Waals surface area contributed by atoms with Crippen LogP contribution < -0.4 is 10.0 Å². The predicted molar refractivity (Wildman–Crippen MR) is 107 cm³/mol. The lowest BCUT2D eigenvalue weighted by Crippen LogP contribution is -2.33. The molecule has 30 heavy (non-hydrogen) atoms. The van der Waals surface area contributed by atoms with Crippen molar-refractivity contribution in [1.29, 1.82) is 0 Å². The molecule has 3 rings (SSSR count). The number of hydrogen-bond donors (Lipinski definition) is 3. The molecule has 0 bridgehead atoms. The summed E-state index contributed by atoms with van der Waals surface area (Å²) in [6.45, 7) is -0.398. The van der Waals surface area contributed by atoms with E-state index < -0.39 is 33.7 Å². The molecule has 1 amide bonds. The molecule has 9 heteroatoms. The molecule has 1 atom stereocenters. The molecule has 0 aliphatic heterocycles. The second-order valence-electron chi connectivity index (χ2n) is 7.27. The Labute approximate surface area is 174 Å². The zero-order valence-electron chi connectivity index (χ0n) is 16.3. The highest BCUT2D eigenvalue weighted by atomic mass is 32.2. The van der Waals surface area contributed by atoms with Crippen molar-refractivity contribution in [1.82, 2.24) is 10.0 Å². The third-order valence-electron chi connectivity index (χ3n) is 5.09. The zero-order chi connectivity index (χ0) is 21.7. The first-order chi connectivity index (χ1) is 14.3. The molecule has 0 fully saturated rings. The Kier molecular flexibility index (Phi) is 7.17. The Balaban J connectivity index is 1.47. The molecule has 0 radical (unpaired) electrons. The average molecular weight is 438 g/mol. The third kappa shape index (κ3) is 5.62. The van der Waals surface area contributed by atoms with Gasteiger partial charge in [0.15, 0.2) is 0 Å². The molecule has 0 saturated carbocycles. The van der Waals surface area contributed by atoms with Crippen molar-refractivity contribution in [2.75, 3.05) is 13.1 Å². The Morgan fingerprint density at radius 1 is 1.07 bits per heavy atom. The van der Waals surface area contributed by atoms with E-state index in [1.54, 1.807) is 12.1 Å². The molecule has 3 N–H and O–H groups in total. The zero-order valence-corrected chi connectivity index (χ0v) is 17.1. The number of aryl methyl sites for hydroxylation is 2. The number of fused-ring (bicyclic) bond motifs is 1. The number of hydrogen-bond acceptors (Lipinski definition) is 4. The minimum absolute atomic E-state index is 0.119. The van der Waals surface area contributed by atoms with Crippen molar-refractivity contribution in [3.8, 4) is 0 Å². The van der Waals surface area contributed by atoms with Crippen LogP contribution in [0.15, 0.2) is 41.3 Å². The highest BCUT2D eigenvalue weighted by molar-refractivity contribution is 7.89. The molecule has 1 aliphatic carbocycles. The van der Waals surface area contributed by atoms with Crippen molar-refractivity contribution in [3.05, 3.63) is 64.7 Å². The van der Waals surface area contributed by atoms with Crippen LogP contribution in [-0.4, -0.2) is 32.5 Å². The molecule has 2 aromatic rings. The van der Waals surface area contributed by atoms with Crippen molar-refractivity contribution in [3.63, 3.8) is 0 Å². The fourth-order valence-corrected chi connectivity index (χ4v) is 4.52. The van der Waals surface area contributed by atoms with Gasteiger partial charge in [-0.15, -0.1) is 0 Å². The van der Waals surface area contributed by atoms with Crippen molar-refractivity contribution >= 4 is 15.9 Å². The van der Waals surface area contributed by atoms with Gasteiger partial charge in [-0.25, -0.2) is 21.9 Å². The third-order valence-corrected chi connectivity index (χ3v) is 6.55. The highest BCUT2D eigenvalue weighted by Gasteiger charge is 2.18. The number of carbonyl (C=O) groups is 1. The molecular weight excluding hydrogens is 414 g/mol. The number of halogens is 2. The summed E-state index contributed by atoms with van der Waals surface area (Å²) in [7, 11) is -3.74. The van der Waals surface area contributed by atoms with E-state index >= 15 is 0 Å². The minimum atomic E-state index is -3.74. The molecule has 0 saturated heterocycles. The van der Waals surface area contributed by atoms with Crippen LogP contribution in [0.25, 0.3) is 0 Å². The van der Waals surface area contributed by atoms with Crippen LogP contribution in [0.3, 0.4) is 0 Å². The van der Waals surface area contributed by atoms with E-state index in [4.69, 9.17) is 0 Å². The number of amides is 1. The van der Waals surface area contributed by atoms with Gasteiger partial charge >= 0.3 is 0 Å². The van der Waals surface area contributed by atoms with Crippen LogP contribution in [0.1, 0.15) is 42.1 Å². The van der Waals surface area contributed by atoms with Gasteiger partial charge in [-0.05, 0) is 55.0 Å². The van der Waals surface area contributed by atoms with E-state index in [2.05, 4.69) is 10.0 Å². The van der Waals surface area contributed by atoms with Gasteiger partial charge in [0, 0.05) is 31.1 Å². The van der Waals surface area contributed by atoms with Crippen LogP contribution in [0.4, 0.5) is 8.78 Å². The number of nitrogens with one attached hydrogen (secondary N) is 2. The number of sulfonamides is 1. The molecule has 162 valence electrons. The molecule has 6 nitrogen and oxygen atoms in total. The topological polar surface area (TPSA) is 95.5 Å². The number of rotatable bonds is 8. The summed E-state index contributed by atoms with van der Waals surface area (Å²) < 4.78 is 53.9. The van der Waals surface area contributed by atoms with Gasteiger partial charge in [0.25, 0.3) is 0 Å². The van der Waals surface area contributed by atoms with Crippen LogP contribution in [-0.2, 0) is 27.7 Å². The van der Waals surface area contributed by atoms with Crippen LogP contribution in [0.2, 0.25) is 0 Å². The Hall–Kier alpha value is -2.36. The normalized spacial score (nSPS) is 14.8. The average Bonchev–Trinajstić information content (AvgIpc) is 2.71. The molecule has 0 heterocycles. The van der Waals surface area contributed by atoms with E-state index in [1.165, 1.54) is 5.56 Å². The first kappa shape index (κ1) is 22.3. The molecule has 1 unspecified atom stereocenters. The SMILES string of the molecule is O=C(CCNS(=O)(=O)c1ccc2c(c1)CCCC2)NCC(O)c1ccc(F)cc1F. The van der Waals surface area contributed by atoms with E-state index in [-0.39, 0.29) is 30.0 Å². The van der Waals surface area contributed by atoms with Gasteiger partial charge in [0.05, 0.1) is 11.0 Å². The van der Waals surface area contributed by atoms with Gasteiger partial charge in [0.2, 0.25) is 15.9 Å². The Morgan fingerprint density at radius 3 is 2.53 bits per heavy atom. The quantitative estimate of drug-likeness (QED) is 0.590. The van der Waals surface area contributed by atoms with Gasteiger partial charge in [-0.3, -0.25) is 4.79 Å². The summed E-state index contributed by atoms with van der Waals surface area (Å²) in [5.74, 6) is -2.18. The van der Waals surface area contributed by atoms with E-state index in [0.29, 0.717) is 6.07 Å². The maximum absolute atomic E-state index is 13.6. The highest BCUT2D eigenvalue weighted by Crippen LogP contribution is 2.24. The van der Waals surface area contributed by atoms with Crippen molar-refractivity contribution in [2.45, 2.75) is 43.1 Å². The van der Waals surface area contributed by atoms with E-state index in [9.17, 15) is 27.1 Å². The number of carbonyl (C=O) groups excluding carboxylic acids is 1. The first-order valence-corrected chi connectivity index (χ1v) is 11.3. The van der Waals surface area contributed by atoms with Crippen LogP contribution >= 0.6 is 0 Å². The second kappa shape index (κ2) is 9.63. The summed E-state index contributed by atoms with van der Waals surface area (Å²) in [4.78, 5) is 12.1. The fraction of sp³-hybridized carbons (Fsp3) is 0.381. The van der Waals surface area contributed by atoms with E-state index in [0.717, 1.165) is 43.4 Å². The van der Waals surface area contributed by atoms with Crippen molar-refractivity contribution < 1.29 is 27.1 Å². The summed E-state index contributed by atoms with van der Waals surface area (Å²) in [6, 6.07) is 7.86. The standard InChI is InChI=1S/C21H24F2N2O4S/c22-16-6-8-18(19(23)12-16)20(26)13-24-21(27)9-10-25-30(28,29)17-7-5-14-3-1-2-4-15(14)11-17/h5-8,11-12,20,25-26H,1-4,9-10,13H2,(H,24,27). The second-order valence-corrected chi connectivity index (χ2v) is 9.04. The van der Waals surface area contributed by atoms with E-state index in [1.807, 2.05) is 6.07 Å². The lowest BCUT2D eigenvalue weighted by molar-refractivity contribution is -0.121. The van der Waals surface area contributed by atoms with Gasteiger partial charge in [-0.1, -0.05) is 12.1 Å². The molecule has 2 aromatic carbocycles. The van der Waals surface area contributed by atoms with Gasteiger partial charge in [0.1, 0.15) is 11.6 Å². The molecule has 0 aromatic heterocycles. The number of aliphatic hydroxyl groups is 1. The Morgan fingerprint density at radius 2 is 1.80 bits per heavy atom. The predicted octanol–water partition coefficient (Wildman–Crippen LogP) is 2.36. The first-order valence-electron chi connectivity index (χ1n) is 9.77. The minimum Gasteiger partial charge on any atom is -0.386 e. The smallest absolute Gasteiger partial charge is 0.240 e. The van der Waals surface area contributed by atoms with Crippen LogP contribution in [0.5, 0.6) is 0 Å². The fourth-order valence-electron chi connectivity index (χ4n) is 3.44. The molecule has 1 aliphatic rings. The lowest BCUT2D eigenvalue weighted by Gasteiger charge is -2.17. The Bertz CT molecular complexity index is 1030. The maximum Gasteiger partial charge on any atom is 0.240 e. The summed E-state index contributed by atoms with van der Waals surface area (Å²) in [5, 5.41) is 12.4. The number of benzene rings is 2. The summed E-state index contributed by atoms with van der Waals surface area (Å²) in [6.07, 6.45) is 2.46. The van der Waals surface area contributed by atoms with Gasteiger partial charge in [-0.2, -0.15) is 0 Å².